The largest absolute Gasteiger partial charge is 0.356 e. The third-order valence-corrected chi connectivity index (χ3v) is 5.60. The number of benzene rings is 2. The summed E-state index contributed by atoms with van der Waals surface area (Å²) in [6, 6.07) is 16.7. The number of hydrogen-bond acceptors (Lipinski definition) is 4. The Balaban J connectivity index is 1.57. The van der Waals surface area contributed by atoms with Crippen LogP contribution in [0.4, 0.5) is 5.69 Å². The molecule has 3 atom stereocenters. The molecule has 2 aromatic carbocycles. The van der Waals surface area contributed by atoms with Crippen LogP contribution in [0.15, 0.2) is 36.4 Å². The third-order valence-electron chi connectivity index (χ3n) is 5.60. The van der Waals surface area contributed by atoms with Crippen molar-refractivity contribution >= 4 is 16.5 Å². The van der Waals surface area contributed by atoms with Crippen LogP contribution in [0.2, 0.25) is 0 Å². The molecule has 0 radical (unpaired) electrons. The van der Waals surface area contributed by atoms with Gasteiger partial charge >= 0.3 is 0 Å². The van der Waals surface area contributed by atoms with E-state index in [9.17, 15) is 5.26 Å². The van der Waals surface area contributed by atoms with E-state index in [0.29, 0.717) is 18.1 Å². The maximum atomic E-state index is 9.32. The van der Waals surface area contributed by atoms with Gasteiger partial charge in [-0.3, -0.25) is 4.90 Å². The van der Waals surface area contributed by atoms with Gasteiger partial charge in [-0.05, 0) is 18.6 Å². The smallest absolute Gasteiger partial charge is 0.0998 e. The maximum absolute atomic E-state index is 9.32. The van der Waals surface area contributed by atoms with Crippen LogP contribution in [-0.2, 0) is 0 Å². The molecule has 0 aromatic heterocycles. The molecule has 2 bridgehead atoms. The van der Waals surface area contributed by atoms with Crippen LogP contribution in [0.3, 0.4) is 0 Å². The average Bonchev–Trinajstić information content (AvgIpc) is 3.26. The van der Waals surface area contributed by atoms with Gasteiger partial charge in [0.05, 0.1) is 18.3 Å². The molecule has 1 N–H and O–H groups in total. The lowest BCUT2D eigenvalue weighted by atomic mass is 10.0. The van der Waals surface area contributed by atoms with Crippen molar-refractivity contribution in [1.29, 1.82) is 5.26 Å². The summed E-state index contributed by atoms with van der Waals surface area (Å²) >= 11 is 0. The normalized spacial score (nSPS) is 30.0. The molecule has 22 heavy (non-hydrogen) atoms. The van der Waals surface area contributed by atoms with Gasteiger partial charge in [0.25, 0.3) is 0 Å². The molecule has 3 saturated heterocycles. The lowest BCUT2D eigenvalue weighted by Gasteiger charge is -2.27. The summed E-state index contributed by atoms with van der Waals surface area (Å²) < 4.78 is 0. The second-order valence-corrected chi connectivity index (χ2v) is 6.64. The fraction of sp³-hybridized carbons (Fsp3) is 0.389. The number of anilines is 1. The van der Waals surface area contributed by atoms with E-state index in [1.54, 1.807) is 0 Å². The van der Waals surface area contributed by atoms with Crippen molar-refractivity contribution in [2.24, 2.45) is 0 Å². The van der Waals surface area contributed by atoms with E-state index in [0.717, 1.165) is 30.7 Å². The van der Waals surface area contributed by atoms with Gasteiger partial charge in [0, 0.05) is 47.7 Å². The molecule has 0 amide bonds. The van der Waals surface area contributed by atoms with Crippen molar-refractivity contribution < 1.29 is 0 Å². The highest BCUT2D eigenvalue weighted by Crippen LogP contribution is 2.38. The first-order valence-electron chi connectivity index (χ1n) is 8.01. The summed E-state index contributed by atoms with van der Waals surface area (Å²) in [5.41, 5.74) is 2.03. The fourth-order valence-corrected chi connectivity index (χ4v) is 4.56. The summed E-state index contributed by atoms with van der Waals surface area (Å²) in [4.78, 5) is 5.15. The van der Waals surface area contributed by atoms with Crippen molar-refractivity contribution in [3.8, 4) is 6.07 Å². The molecule has 3 aliphatic heterocycles. The van der Waals surface area contributed by atoms with Crippen LogP contribution in [0.5, 0.6) is 0 Å². The second kappa shape index (κ2) is 4.45. The molecular weight excluding hydrogens is 272 g/mol. The molecule has 3 aliphatic rings. The van der Waals surface area contributed by atoms with E-state index < -0.39 is 0 Å². The molecule has 0 spiro atoms. The predicted octanol–water partition coefficient (Wildman–Crippen LogP) is 1.90. The van der Waals surface area contributed by atoms with Crippen LogP contribution in [-0.4, -0.2) is 42.8 Å². The number of nitriles is 1. The highest BCUT2D eigenvalue weighted by molar-refractivity contribution is 5.97. The van der Waals surface area contributed by atoms with Crippen molar-refractivity contribution in [1.82, 2.24) is 10.2 Å². The summed E-state index contributed by atoms with van der Waals surface area (Å²) in [5, 5.41) is 15.2. The molecular formula is C18H18N4. The Kier molecular flexibility index (Phi) is 2.52. The van der Waals surface area contributed by atoms with Crippen LogP contribution >= 0.6 is 0 Å². The van der Waals surface area contributed by atoms with Crippen molar-refractivity contribution in [2.45, 2.75) is 24.5 Å². The molecule has 3 heterocycles. The minimum atomic E-state index is 0.646. The van der Waals surface area contributed by atoms with Gasteiger partial charge in [-0.2, -0.15) is 5.26 Å². The third kappa shape index (κ3) is 1.58. The molecule has 110 valence electrons. The second-order valence-electron chi connectivity index (χ2n) is 6.64. The Morgan fingerprint density at radius 1 is 1.14 bits per heavy atom. The standard InChI is InChI=1S/C18H18N4/c19-8-12-5-6-17(15-4-2-1-3-14(12)15)21-10-18-16-7-13(9-20-16)22(18)11-21/h1-6,13,16,18,20H,7,9-11H2. The molecule has 0 aliphatic carbocycles. The predicted molar refractivity (Wildman–Crippen MR) is 86.7 cm³/mol. The lowest BCUT2D eigenvalue weighted by molar-refractivity contribution is 0.208. The Morgan fingerprint density at radius 2 is 2.00 bits per heavy atom. The lowest BCUT2D eigenvalue weighted by Crippen LogP contribution is -2.48. The van der Waals surface area contributed by atoms with Gasteiger partial charge in [0.1, 0.15) is 0 Å². The monoisotopic (exact) mass is 290 g/mol. The van der Waals surface area contributed by atoms with Crippen LogP contribution in [0.25, 0.3) is 10.8 Å². The van der Waals surface area contributed by atoms with Crippen LogP contribution in [0, 0.1) is 11.3 Å². The van der Waals surface area contributed by atoms with Gasteiger partial charge in [-0.1, -0.05) is 24.3 Å². The zero-order valence-electron chi connectivity index (χ0n) is 12.4. The van der Waals surface area contributed by atoms with Gasteiger partial charge < -0.3 is 10.2 Å². The molecule has 4 heteroatoms. The SMILES string of the molecule is N#Cc1ccc(N2CC3C4CC(CN4)N3C2)c2ccccc12. The van der Waals surface area contributed by atoms with E-state index in [-0.39, 0.29) is 0 Å². The van der Waals surface area contributed by atoms with Crippen LogP contribution < -0.4 is 10.2 Å². The minimum absolute atomic E-state index is 0.646. The Hall–Kier alpha value is -2.09. The minimum Gasteiger partial charge on any atom is -0.356 e. The maximum Gasteiger partial charge on any atom is 0.0998 e. The highest BCUT2D eigenvalue weighted by atomic mass is 15.5. The molecule has 5 rings (SSSR count). The average molecular weight is 290 g/mol. The first-order valence-corrected chi connectivity index (χ1v) is 8.01. The quantitative estimate of drug-likeness (QED) is 0.871. The van der Waals surface area contributed by atoms with E-state index in [2.05, 4.69) is 45.5 Å². The van der Waals surface area contributed by atoms with Crippen molar-refractivity contribution in [3.63, 3.8) is 0 Å². The number of piperazine rings is 1. The van der Waals surface area contributed by atoms with E-state index in [1.807, 2.05) is 12.1 Å². The van der Waals surface area contributed by atoms with Crippen molar-refractivity contribution in [2.75, 3.05) is 24.7 Å². The summed E-state index contributed by atoms with van der Waals surface area (Å²) in [5.74, 6) is 0. The van der Waals surface area contributed by atoms with Gasteiger partial charge in [-0.25, -0.2) is 0 Å². The summed E-state index contributed by atoms with van der Waals surface area (Å²) in [6.45, 7) is 3.25. The van der Waals surface area contributed by atoms with Gasteiger partial charge in [0.2, 0.25) is 0 Å². The Labute approximate surface area is 129 Å². The van der Waals surface area contributed by atoms with Crippen LogP contribution in [0.1, 0.15) is 12.0 Å². The first kappa shape index (κ1) is 12.5. The topological polar surface area (TPSA) is 42.3 Å². The summed E-state index contributed by atoms with van der Waals surface area (Å²) in [7, 11) is 0. The molecule has 3 fully saturated rings. The number of fused-ring (bicyclic) bond motifs is 6. The molecule has 4 nitrogen and oxygen atoms in total. The highest BCUT2D eigenvalue weighted by Gasteiger charge is 2.50. The fourth-order valence-electron chi connectivity index (χ4n) is 4.56. The van der Waals surface area contributed by atoms with E-state index in [4.69, 9.17) is 0 Å². The zero-order chi connectivity index (χ0) is 14.7. The molecule has 0 saturated carbocycles. The number of nitrogens with one attached hydrogen (secondary N) is 1. The van der Waals surface area contributed by atoms with Gasteiger partial charge in [0.15, 0.2) is 0 Å². The Morgan fingerprint density at radius 3 is 2.82 bits per heavy atom. The van der Waals surface area contributed by atoms with E-state index in [1.165, 1.54) is 17.5 Å². The zero-order valence-corrected chi connectivity index (χ0v) is 12.4. The molecule has 3 unspecified atom stereocenters. The van der Waals surface area contributed by atoms with Gasteiger partial charge in [-0.15, -0.1) is 0 Å². The van der Waals surface area contributed by atoms with Crippen molar-refractivity contribution in [3.05, 3.63) is 42.0 Å². The first-order chi connectivity index (χ1) is 10.8. The summed E-state index contributed by atoms with van der Waals surface area (Å²) in [6.07, 6.45) is 1.31. The van der Waals surface area contributed by atoms with E-state index >= 15 is 0 Å². The molecule has 2 aromatic rings. The number of hydrogen-bond donors (Lipinski definition) is 1. The number of rotatable bonds is 1. The number of nitrogens with zero attached hydrogens (tertiary/aromatic N) is 3. The Bertz CT molecular complexity index is 775.